The molecule has 0 unspecified atom stereocenters. The third-order valence-corrected chi connectivity index (χ3v) is 1.86. The second kappa shape index (κ2) is 3.86. The largest absolute Gasteiger partial charge is 0.281 e. The Labute approximate surface area is 82.7 Å². The SMILES string of the molecule is N#Cc1nc(C(F)F)c(Cl)cc1Cl. The molecule has 0 aliphatic rings. The van der Waals surface area contributed by atoms with Crippen LogP contribution in [0.2, 0.25) is 10.0 Å². The summed E-state index contributed by atoms with van der Waals surface area (Å²) in [6.07, 6.45) is -2.81. The molecule has 0 aromatic carbocycles. The average molecular weight is 223 g/mol. The highest BCUT2D eigenvalue weighted by Crippen LogP contribution is 2.28. The van der Waals surface area contributed by atoms with E-state index in [1.807, 2.05) is 0 Å². The molecule has 0 atom stereocenters. The van der Waals surface area contributed by atoms with E-state index in [1.165, 1.54) is 0 Å². The van der Waals surface area contributed by atoms with Crippen molar-refractivity contribution >= 4 is 23.2 Å². The number of hydrogen-bond acceptors (Lipinski definition) is 2. The van der Waals surface area contributed by atoms with E-state index in [9.17, 15) is 8.78 Å². The number of hydrogen-bond donors (Lipinski definition) is 0. The van der Waals surface area contributed by atoms with Crippen molar-refractivity contribution in [1.29, 1.82) is 5.26 Å². The zero-order valence-corrected chi connectivity index (χ0v) is 7.57. The summed E-state index contributed by atoms with van der Waals surface area (Å²) in [5.41, 5.74) is -0.871. The van der Waals surface area contributed by atoms with Crippen LogP contribution in [-0.4, -0.2) is 4.98 Å². The molecule has 0 spiro atoms. The van der Waals surface area contributed by atoms with Crippen LogP contribution >= 0.6 is 23.2 Å². The highest BCUT2D eigenvalue weighted by atomic mass is 35.5. The van der Waals surface area contributed by atoms with Gasteiger partial charge in [0.25, 0.3) is 6.43 Å². The average Bonchev–Trinajstić information content (AvgIpc) is 2.03. The van der Waals surface area contributed by atoms with E-state index in [0.29, 0.717) is 0 Å². The summed E-state index contributed by atoms with van der Waals surface area (Å²) in [4.78, 5) is 3.31. The maximum atomic E-state index is 12.2. The molecule has 0 aliphatic carbocycles. The molecule has 0 amide bonds. The molecule has 0 fully saturated rings. The van der Waals surface area contributed by atoms with Gasteiger partial charge in [0.15, 0.2) is 5.69 Å². The molecule has 0 N–H and O–H groups in total. The molecule has 13 heavy (non-hydrogen) atoms. The summed E-state index contributed by atoms with van der Waals surface area (Å²) in [5.74, 6) is 0. The van der Waals surface area contributed by atoms with Gasteiger partial charge in [-0.1, -0.05) is 23.2 Å². The standard InChI is InChI=1S/C7H2Cl2F2N2/c8-3-1-4(9)6(7(10)11)13-5(3)2-12/h1,7H. The Hall–Kier alpha value is -0.920. The smallest absolute Gasteiger partial charge is 0.233 e. The number of rotatable bonds is 1. The molecule has 6 heteroatoms. The zero-order chi connectivity index (χ0) is 10.0. The van der Waals surface area contributed by atoms with Crippen LogP contribution in [0.25, 0.3) is 0 Å². The summed E-state index contributed by atoms with van der Waals surface area (Å²) in [7, 11) is 0. The first-order chi connectivity index (χ1) is 6.06. The van der Waals surface area contributed by atoms with Crippen molar-refractivity contribution in [2.75, 3.05) is 0 Å². The molecule has 1 rings (SSSR count). The number of nitrogens with zero attached hydrogens (tertiary/aromatic N) is 2. The highest BCUT2D eigenvalue weighted by Gasteiger charge is 2.16. The molecular formula is C7H2Cl2F2N2. The first kappa shape index (κ1) is 10.2. The Kier molecular flexibility index (Phi) is 3.02. The molecule has 2 nitrogen and oxygen atoms in total. The van der Waals surface area contributed by atoms with Crippen molar-refractivity contribution in [3.63, 3.8) is 0 Å². The van der Waals surface area contributed by atoms with Gasteiger partial charge in [-0.2, -0.15) is 5.26 Å². The Morgan fingerprint density at radius 1 is 1.38 bits per heavy atom. The molecule has 68 valence electrons. The van der Waals surface area contributed by atoms with Gasteiger partial charge >= 0.3 is 0 Å². The number of nitriles is 1. The molecule has 0 radical (unpaired) electrons. The molecule has 0 saturated heterocycles. The van der Waals surface area contributed by atoms with E-state index in [0.717, 1.165) is 6.07 Å². The van der Waals surface area contributed by atoms with E-state index in [-0.39, 0.29) is 15.7 Å². The lowest BCUT2D eigenvalue weighted by Gasteiger charge is -2.02. The van der Waals surface area contributed by atoms with E-state index < -0.39 is 12.1 Å². The molecule has 0 bridgehead atoms. The van der Waals surface area contributed by atoms with Gasteiger partial charge in [-0.05, 0) is 6.07 Å². The first-order valence-corrected chi connectivity index (χ1v) is 3.86. The van der Waals surface area contributed by atoms with Gasteiger partial charge in [-0.15, -0.1) is 0 Å². The zero-order valence-electron chi connectivity index (χ0n) is 6.06. The van der Waals surface area contributed by atoms with Crippen LogP contribution in [0, 0.1) is 11.3 Å². The Morgan fingerprint density at radius 3 is 2.46 bits per heavy atom. The number of aromatic nitrogens is 1. The minimum Gasteiger partial charge on any atom is -0.233 e. The van der Waals surface area contributed by atoms with Crippen molar-refractivity contribution in [1.82, 2.24) is 4.98 Å². The van der Waals surface area contributed by atoms with Crippen molar-refractivity contribution in [3.8, 4) is 6.07 Å². The molecular weight excluding hydrogens is 221 g/mol. The van der Waals surface area contributed by atoms with Crippen LogP contribution in [0.3, 0.4) is 0 Å². The van der Waals surface area contributed by atoms with Crippen LogP contribution < -0.4 is 0 Å². The van der Waals surface area contributed by atoms with Gasteiger partial charge < -0.3 is 0 Å². The predicted octanol–water partition coefficient (Wildman–Crippen LogP) is 3.20. The van der Waals surface area contributed by atoms with Crippen LogP contribution in [0.1, 0.15) is 17.8 Å². The fourth-order valence-corrected chi connectivity index (χ4v) is 1.20. The monoisotopic (exact) mass is 222 g/mol. The van der Waals surface area contributed by atoms with Crippen LogP contribution in [-0.2, 0) is 0 Å². The van der Waals surface area contributed by atoms with Gasteiger partial charge in [0, 0.05) is 0 Å². The van der Waals surface area contributed by atoms with E-state index in [4.69, 9.17) is 28.5 Å². The van der Waals surface area contributed by atoms with Gasteiger partial charge in [0.1, 0.15) is 11.8 Å². The van der Waals surface area contributed by atoms with Gasteiger partial charge in [0.05, 0.1) is 10.0 Å². The fraction of sp³-hybridized carbons (Fsp3) is 0.143. The summed E-state index contributed by atoms with van der Waals surface area (Å²) in [6, 6.07) is 2.66. The summed E-state index contributed by atoms with van der Waals surface area (Å²) >= 11 is 10.9. The Balaban J connectivity index is 3.33. The summed E-state index contributed by atoms with van der Waals surface area (Å²) in [5, 5.41) is 8.16. The second-order valence-electron chi connectivity index (χ2n) is 2.10. The van der Waals surface area contributed by atoms with E-state index >= 15 is 0 Å². The van der Waals surface area contributed by atoms with Crippen LogP contribution in [0.4, 0.5) is 8.78 Å². The maximum absolute atomic E-state index is 12.2. The Morgan fingerprint density at radius 2 is 2.00 bits per heavy atom. The van der Waals surface area contributed by atoms with Gasteiger partial charge in [-0.25, -0.2) is 13.8 Å². The number of alkyl halides is 2. The third kappa shape index (κ3) is 2.06. The van der Waals surface area contributed by atoms with Gasteiger partial charge in [-0.3, -0.25) is 0 Å². The minimum absolute atomic E-state index is 0.0306. The predicted molar refractivity (Wildman–Crippen MR) is 43.9 cm³/mol. The van der Waals surface area contributed by atoms with Crippen molar-refractivity contribution in [2.45, 2.75) is 6.43 Å². The van der Waals surface area contributed by atoms with Gasteiger partial charge in [0.2, 0.25) is 0 Å². The molecule has 1 aromatic heterocycles. The lowest BCUT2D eigenvalue weighted by molar-refractivity contribution is 0.146. The van der Waals surface area contributed by atoms with E-state index in [2.05, 4.69) is 4.98 Å². The van der Waals surface area contributed by atoms with E-state index in [1.54, 1.807) is 6.07 Å². The molecule has 0 aliphatic heterocycles. The van der Waals surface area contributed by atoms with Crippen molar-refractivity contribution in [2.24, 2.45) is 0 Å². The van der Waals surface area contributed by atoms with Crippen molar-refractivity contribution in [3.05, 3.63) is 27.5 Å². The number of halogens is 4. The summed E-state index contributed by atoms with van der Waals surface area (Å²) in [6.45, 7) is 0. The maximum Gasteiger partial charge on any atom is 0.281 e. The van der Waals surface area contributed by atoms with Crippen LogP contribution in [0.5, 0.6) is 0 Å². The molecule has 1 aromatic rings. The second-order valence-corrected chi connectivity index (χ2v) is 2.91. The minimum atomic E-state index is -2.81. The fourth-order valence-electron chi connectivity index (χ4n) is 0.712. The summed E-state index contributed by atoms with van der Waals surface area (Å²) < 4.78 is 24.4. The quantitative estimate of drug-likeness (QED) is 0.732. The lowest BCUT2D eigenvalue weighted by Crippen LogP contribution is -1.95. The molecule has 0 saturated carbocycles. The first-order valence-electron chi connectivity index (χ1n) is 3.10. The normalized spacial score (nSPS) is 10.2. The Bertz CT molecular complexity index is 373. The third-order valence-electron chi connectivity index (χ3n) is 1.27. The topological polar surface area (TPSA) is 36.7 Å². The van der Waals surface area contributed by atoms with Crippen molar-refractivity contribution < 1.29 is 8.78 Å². The highest BCUT2D eigenvalue weighted by molar-refractivity contribution is 6.35. The molecule has 1 heterocycles. The number of pyridine rings is 1. The van der Waals surface area contributed by atoms with Crippen LogP contribution in [0.15, 0.2) is 6.07 Å². The lowest BCUT2D eigenvalue weighted by atomic mass is 10.3.